The zero-order chi connectivity index (χ0) is 29.8. The van der Waals surface area contributed by atoms with E-state index in [0.29, 0.717) is 22.6 Å². The van der Waals surface area contributed by atoms with Gasteiger partial charge in [0.15, 0.2) is 5.78 Å². The Morgan fingerprint density at radius 2 is 1.67 bits per heavy atom. The minimum absolute atomic E-state index is 0.164. The smallest absolute Gasteiger partial charge is 0.219 e. The molecule has 0 aliphatic carbocycles. The summed E-state index contributed by atoms with van der Waals surface area (Å²) in [6.07, 6.45) is 3.68. The van der Waals surface area contributed by atoms with Crippen LogP contribution < -0.4 is 0 Å². The number of ketones is 1. The van der Waals surface area contributed by atoms with Crippen molar-refractivity contribution in [2.75, 3.05) is 13.1 Å². The highest BCUT2D eigenvalue weighted by molar-refractivity contribution is 6.07. The predicted octanol–water partition coefficient (Wildman–Crippen LogP) is 6.95. The third-order valence-corrected chi connectivity index (χ3v) is 8.42. The maximum Gasteiger partial charge on any atom is 0.219 e. The molecule has 1 fully saturated rings. The van der Waals surface area contributed by atoms with Gasteiger partial charge in [0.05, 0.1) is 0 Å². The molecule has 2 heterocycles. The minimum atomic E-state index is -1.28. The Balaban J connectivity index is 1.29. The van der Waals surface area contributed by atoms with Crippen LogP contribution in [-0.2, 0) is 11.2 Å². The van der Waals surface area contributed by atoms with Gasteiger partial charge in [-0.3, -0.25) is 9.59 Å². The summed E-state index contributed by atoms with van der Waals surface area (Å²) in [5.41, 5.74) is 6.40. The van der Waals surface area contributed by atoms with Crippen LogP contribution in [0.15, 0.2) is 103 Å². The number of amides is 1. The fourth-order valence-electron chi connectivity index (χ4n) is 5.96. The van der Waals surface area contributed by atoms with Gasteiger partial charge in [0, 0.05) is 54.0 Å². The molecular formula is C38H34N2O3. The summed E-state index contributed by atoms with van der Waals surface area (Å²) in [4.78, 5) is 30.5. The fourth-order valence-corrected chi connectivity index (χ4v) is 5.96. The molecule has 1 atom stereocenters. The third-order valence-electron chi connectivity index (χ3n) is 8.42. The number of aromatic amines is 1. The Kier molecular flexibility index (Phi) is 8.22. The van der Waals surface area contributed by atoms with Crippen LogP contribution in [0.4, 0.5) is 0 Å². The maximum absolute atomic E-state index is 13.7. The van der Waals surface area contributed by atoms with Crippen molar-refractivity contribution in [2.45, 2.75) is 32.3 Å². The van der Waals surface area contributed by atoms with Crippen molar-refractivity contribution in [1.82, 2.24) is 9.88 Å². The van der Waals surface area contributed by atoms with Crippen molar-refractivity contribution in [3.8, 4) is 23.0 Å². The normalized spacial score (nSPS) is 14.2. The molecule has 1 unspecified atom stereocenters. The number of nitrogens with zero attached hydrogens (tertiary/aromatic N) is 1. The molecule has 0 bridgehead atoms. The molecule has 43 heavy (non-hydrogen) atoms. The monoisotopic (exact) mass is 566 g/mol. The Bertz CT molecular complexity index is 1820. The van der Waals surface area contributed by atoms with Crippen molar-refractivity contribution in [3.05, 3.63) is 131 Å². The minimum Gasteiger partial charge on any atom is -0.380 e. The number of H-pyrrole nitrogens is 1. The van der Waals surface area contributed by atoms with Crippen molar-refractivity contribution in [3.63, 3.8) is 0 Å². The molecule has 5 aromatic rings. The van der Waals surface area contributed by atoms with Gasteiger partial charge in [-0.25, -0.2) is 0 Å². The molecular weight excluding hydrogens is 532 g/mol. The summed E-state index contributed by atoms with van der Waals surface area (Å²) < 4.78 is 0. The SMILES string of the molecule is CC(=O)N1CCC(Cc2ccc(C#Cc3cccc(C(=O)C(O)c4ccccc4)c3-c3ccc4cc[nH]c4c3)cc2)CC1. The van der Waals surface area contributed by atoms with Crippen LogP contribution in [0.3, 0.4) is 0 Å². The molecule has 0 spiro atoms. The lowest BCUT2D eigenvalue weighted by Gasteiger charge is -2.31. The van der Waals surface area contributed by atoms with Crippen LogP contribution in [0.1, 0.15) is 58.5 Å². The van der Waals surface area contributed by atoms with E-state index in [1.165, 1.54) is 5.56 Å². The number of rotatable bonds is 6. The molecule has 2 N–H and O–H groups in total. The van der Waals surface area contributed by atoms with Crippen LogP contribution in [-0.4, -0.2) is 39.8 Å². The second-order valence-corrected chi connectivity index (χ2v) is 11.3. The Morgan fingerprint density at radius 3 is 2.42 bits per heavy atom. The maximum atomic E-state index is 13.7. The number of aliphatic hydroxyl groups is 1. The van der Waals surface area contributed by atoms with Crippen molar-refractivity contribution < 1.29 is 14.7 Å². The molecule has 1 aliphatic heterocycles. The van der Waals surface area contributed by atoms with Crippen LogP contribution in [0.25, 0.3) is 22.0 Å². The first kappa shape index (κ1) is 28.2. The first-order valence-electron chi connectivity index (χ1n) is 14.8. The lowest BCUT2D eigenvalue weighted by molar-refractivity contribution is -0.130. The Morgan fingerprint density at radius 1 is 0.907 bits per heavy atom. The molecule has 1 aromatic heterocycles. The summed E-state index contributed by atoms with van der Waals surface area (Å²) >= 11 is 0. The highest BCUT2D eigenvalue weighted by atomic mass is 16.3. The molecule has 6 rings (SSSR count). The van der Waals surface area contributed by atoms with E-state index in [1.54, 1.807) is 25.1 Å². The van der Waals surface area contributed by atoms with E-state index < -0.39 is 6.10 Å². The summed E-state index contributed by atoms with van der Waals surface area (Å²) in [5.74, 6) is 7.01. The van der Waals surface area contributed by atoms with E-state index in [-0.39, 0.29) is 11.7 Å². The van der Waals surface area contributed by atoms with Gasteiger partial charge in [-0.05, 0) is 77.6 Å². The highest BCUT2D eigenvalue weighted by Gasteiger charge is 2.24. The summed E-state index contributed by atoms with van der Waals surface area (Å²) in [6.45, 7) is 3.32. The molecule has 0 saturated carbocycles. The van der Waals surface area contributed by atoms with E-state index in [4.69, 9.17) is 0 Å². The van der Waals surface area contributed by atoms with Gasteiger partial charge < -0.3 is 15.0 Å². The van der Waals surface area contributed by atoms with E-state index in [2.05, 4.69) is 29.0 Å². The lowest BCUT2D eigenvalue weighted by atomic mass is 9.89. The average molecular weight is 567 g/mol. The Labute approximate surface area is 252 Å². The van der Waals surface area contributed by atoms with Crippen molar-refractivity contribution in [1.29, 1.82) is 0 Å². The molecule has 214 valence electrons. The highest BCUT2D eigenvalue weighted by Crippen LogP contribution is 2.33. The summed E-state index contributed by atoms with van der Waals surface area (Å²) in [7, 11) is 0. The number of benzene rings is 4. The number of aliphatic hydroxyl groups excluding tert-OH is 1. The molecule has 5 nitrogen and oxygen atoms in total. The first-order valence-corrected chi connectivity index (χ1v) is 14.8. The summed E-state index contributed by atoms with van der Waals surface area (Å²) in [5, 5.41) is 12.1. The second kappa shape index (κ2) is 12.5. The van der Waals surface area contributed by atoms with Crippen molar-refractivity contribution >= 4 is 22.6 Å². The zero-order valence-corrected chi connectivity index (χ0v) is 24.2. The Hall–Kier alpha value is -4.92. The number of carbonyl (C=O) groups excluding carboxylic acids is 2. The summed E-state index contributed by atoms with van der Waals surface area (Å²) in [6, 6.07) is 31.0. The van der Waals surface area contributed by atoms with Gasteiger partial charge in [-0.15, -0.1) is 0 Å². The topological polar surface area (TPSA) is 73.4 Å². The van der Waals surface area contributed by atoms with Gasteiger partial charge in [0.1, 0.15) is 6.10 Å². The first-order chi connectivity index (χ1) is 21.0. The molecule has 1 amide bonds. The quantitative estimate of drug-likeness (QED) is 0.173. The number of hydrogen-bond donors (Lipinski definition) is 2. The molecule has 0 radical (unpaired) electrons. The van der Waals surface area contributed by atoms with E-state index in [9.17, 15) is 14.7 Å². The molecule has 1 saturated heterocycles. The number of piperidine rings is 1. The van der Waals surface area contributed by atoms with E-state index >= 15 is 0 Å². The second-order valence-electron chi connectivity index (χ2n) is 11.3. The van der Waals surface area contributed by atoms with Gasteiger partial charge in [-0.2, -0.15) is 0 Å². The zero-order valence-electron chi connectivity index (χ0n) is 24.2. The molecule has 4 aromatic carbocycles. The van der Waals surface area contributed by atoms with Crippen LogP contribution >= 0.6 is 0 Å². The van der Waals surface area contributed by atoms with Crippen LogP contribution in [0, 0.1) is 17.8 Å². The number of carbonyl (C=O) groups is 2. The van der Waals surface area contributed by atoms with Crippen LogP contribution in [0.2, 0.25) is 0 Å². The lowest BCUT2D eigenvalue weighted by Crippen LogP contribution is -2.37. The third kappa shape index (κ3) is 6.30. The molecule has 5 heteroatoms. The largest absolute Gasteiger partial charge is 0.380 e. The number of hydrogen-bond acceptors (Lipinski definition) is 3. The van der Waals surface area contributed by atoms with Crippen LogP contribution in [0.5, 0.6) is 0 Å². The van der Waals surface area contributed by atoms with Gasteiger partial charge in [0.25, 0.3) is 0 Å². The number of fused-ring (bicyclic) bond motifs is 1. The van der Waals surface area contributed by atoms with E-state index in [0.717, 1.165) is 59.9 Å². The fraction of sp³-hybridized carbons (Fsp3) is 0.211. The predicted molar refractivity (Wildman–Crippen MR) is 171 cm³/mol. The number of likely N-dealkylation sites (tertiary alicyclic amines) is 1. The number of aromatic nitrogens is 1. The average Bonchev–Trinajstić information content (AvgIpc) is 3.52. The van der Waals surface area contributed by atoms with Gasteiger partial charge in [0.2, 0.25) is 5.91 Å². The van der Waals surface area contributed by atoms with Gasteiger partial charge in [-0.1, -0.05) is 78.6 Å². The molecule has 1 aliphatic rings. The standard InChI is InChI=1S/C38H34N2O3/c1-26(41)40-22-19-29(20-23-40)24-28-12-10-27(11-13-28)14-15-31-8-5-9-34(38(43)37(42)32-6-3-2-4-7-32)36(31)33-17-16-30-18-21-39-35(30)25-33/h2-13,16-18,21,25,29,37,39,42H,19-20,22-24H2,1H3. The number of nitrogens with one attached hydrogen (secondary N) is 1. The van der Waals surface area contributed by atoms with Crippen molar-refractivity contribution in [2.24, 2.45) is 5.92 Å². The van der Waals surface area contributed by atoms with E-state index in [1.807, 2.05) is 77.8 Å². The van der Waals surface area contributed by atoms with Gasteiger partial charge >= 0.3 is 0 Å². The number of Topliss-reactive ketones (excluding diaryl/α,β-unsaturated/α-hetero) is 1.